The van der Waals surface area contributed by atoms with Crippen molar-refractivity contribution in [1.82, 2.24) is 4.90 Å². The summed E-state index contributed by atoms with van der Waals surface area (Å²) in [5.74, 6) is 0. The van der Waals surface area contributed by atoms with Gasteiger partial charge in [0, 0.05) is 5.54 Å². The van der Waals surface area contributed by atoms with Crippen molar-refractivity contribution in [2.45, 2.75) is 25.1 Å². The zero-order valence-corrected chi connectivity index (χ0v) is 8.43. The number of aliphatic hydroxyl groups is 1. The van der Waals surface area contributed by atoms with Crippen LogP contribution in [0.5, 0.6) is 0 Å². The summed E-state index contributed by atoms with van der Waals surface area (Å²) in [4.78, 5) is 1.14. The second-order valence-corrected chi connectivity index (χ2v) is 3.92. The molecule has 0 amide bonds. The Labute approximate surface area is 81.7 Å². The molecule has 0 saturated carbocycles. The normalized spacial score (nSPS) is 17.1. The molecule has 6 heteroatoms. The summed E-state index contributed by atoms with van der Waals surface area (Å²) in [5.41, 5.74) is 4.76. The summed E-state index contributed by atoms with van der Waals surface area (Å²) in [6.45, 7) is 0.642. The van der Waals surface area contributed by atoms with Gasteiger partial charge in [-0.1, -0.05) is 0 Å². The van der Waals surface area contributed by atoms with Crippen LogP contribution in [0.2, 0.25) is 0 Å². The highest BCUT2D eigenvalue weighted by atomic mass is 19.4. The molecule has 0 radical (unpaired) electrons. The fraction of sp³-hybridized carbons (Fsp3) is 1.00. The topological polar surface area (TPSA) is 49.5 Å². The minimum Gasteiger partial charge on any atom is -0.394 e. The van der Waals surface area contributed by atoms with E-state index in [1.165, 1.54) is 7.05 Å². The van der Waals surface area contributed by atoms with E-state index in [1.54, 1.807) is 6.92 Å². The van der Waals surface area contributed by atoms with Gasteiger partial charge in [0.05, 0.1) is 13.2 Å². The Bertz CT molecular complexity index is 170. The van der Waals surface area contributed by atoms with Crippen LogP contribution in [0.25, 0.3) is 0 Å². The van der Waals surface area contributed by atoms with Gasteiger partial charge >= 0.3 is 6.18 Å². The van der Waals surface area contributed by atoms with Gasteiger partial charge < -0.3 is 10.8 Å². The number of rotatable bonds is 5. The van der Waals surface area contributed by atoms with Crippen LogP contribution in [-0.4, -0.2) is 48.5 Å². The zero-order valence-electron chi connectivity index (χ0n) is 8.43. The second kappa shape index (κ2) is 4.95. The van der Waals surface area contributed by atoms with Crippen molar-refractivity contribution in [3.8, 4) is 0 Å². The van der Waals surface area contributed by atoms with Crippen molar-refractivity contribution in [3.63, 3.8) is 0 Å². The maximum atomic E-state index is 11.9. The van der Waals surface area contributed by atoms with Crippen molar-refractivity contribution < 1.29 is 18.3 Å². The summed E-state index contributed by atoms with van der Waals surface area (Å²) in [5, 5.41) is 8.77. The maximum Gasteiger partial charge on any atom is 0.401 e. The Morgan fingerprint density at radius 1 is 1.36 bits per heavy atom. The van der Waals surface area contributed by atoms with Crippen molar-refractivity contribution in [1.29, 1.82) is 0 Å². The molecule has 0 aromatic carbocycles. The van der Waals surface area contributed by atoms with Gasteiger partial charge in [-0.2, -0.15) is 13.2 Å². The minimum atomic E-state index is -4.18. The molecule has 86 valence electrons. The van der Waals surface area contributed by atoms with Crippen molar-refractivity contribution >= 4 is 0 Å². The first-order valence-corrected chi connectivity index (χ1v) is 4.31. The molecule has 0 spiro atoms. The van der Waals surface area contributed by atoms with E-state index in [0.29, 0.717) is 6.42 Å². The highest BCUT2D eigenvalue weighted by molar-refractivity contribution is 4.78. The Kier molecular flexibility index (Phi) is 4.83. The first-order valence-electron chi connectivity index (χ1n) is 4.31. The molecule has 0 aromatic heterocycles. The molecule has 3 nitrogen and oxygen atoms in total. The minimum absolute atomic E-state index is 0.215. The lowest BCUT2D eigenvalue weighted by atomic mass is 10.0. The Hall–Kier alpha value is -0.330. The molecule has 0 fully saturated rings. The van der Waals surface area contributed by atoms with Crippen LogP contribution in [0.1, 0.15) is 13.3 Å². The highest BCUT2D eigenvalue weighted by Gasteiger charge is 2.29. The predicted molar refractivity (Wildman–Crippen MR) is 47.8 cm³/mol. The molecular weight excluding hydrogens is 197 g/mol. The highest BCUT2D eigenvalue weighted by Crippen LogP contribution is 2.16. The number of nitrogens with two attached hydrogens (primary N) is 1. The molecule has 0 aliphatic carbocycles. The van der Waals surface area contributed by atoms with Gasteiger partial charge in [-0.05, 0) is 26.9 Å². The lowest BCUT2D eigenvalue weighted by Gasteiger charge is -2.25. The molecular formula is C8H17F3N2O. The van der Waals surface area contributed by atoms with Gasteiger partial charge in [0.15, 0.2) is 0 Å². The van der Waals surface area contributed by atoms with Crippen LogP contribution in [0.4, 0.5) is 13.2 Å². The fourth-order valence-corrected chi connectivity index (χ4v) is 0.910. The molecule has 0 aromatic rings. The average molecular weight is 214 g/mol. The first kappa shape index (κ1) is 13.7. The molecule has 0 bridgehead atoms. The van der Waals surface area contributed by atoms with Crippen LogP contribution in [-0.2, 0) is 0 Å². The van der Waals surface area contributed by atoms with E-state index in [0.717, 1.165) is 4.90 Å². The second-order valence-electron chi connectivity index (χ2n) is 3.92. The number of hydrogen-bond donors (Lipinski definition) is 2. The van der Waals surface area contributed by atoms with Crippen LogP contribution in [0.15, 0.2) is 0 Å². The average Bonchev–Trinajstić information content (AvgIpc) is 1.98. The fourth-order valence-electron chi connectivity index (χ4n) is 0.910. The van der Waals surface area contributed by atoms with Gasteiger partial charge in [0.1, 0.15) is 0 Å². The molecule has 1 atom stereocenters. The van der Waals surface area contributed by atoms with E-state index in [4.69, 9.17) is 10.8 Å². The van der Waals surface area contributed by atoms with E-state index in [-0.39, 0.29) is 13.2 Å². The van der Waals surface area contributed by atoms with Crippen LogP contribution in [0, 0.1) is 0 Å². The monoisotopic (exact) mass is 214 g/mol. The van der Waals surface area contributed by atoms with Crippen LogP contribution in [0.3, 0.4) is 0 Å². The van der Waals surface area contributed by atoms with Crippen LogP contribution >= 0.6 is 0 Å². The summed E-state index contributed by atoms with van der Waals surface area (Å²) in [7, 11) is 1.38. The summed E-state index contributed by atoms with van der Waals surface area (Å²) in [6.07, 6.45) is -3.85. The van der Waals surface area contributed by atoms with Gasteiger partial charge in [0.25, 0.3) is 0 Å². The van der Waals surface area contributed by atoms with Crippen LogP contribution < -0.4 is 5.73 Å². The molecule has 14 heavy (non-hydrogen) atoms. The third-order valence-corrected chi connectivity index (χ3v) is 1.88. The molecule has 0 saturated heterocycles. The summed E-state index contributed by atoms with van der Waals surface area (Å²) < 4.78 is 35.7. The smallest absolute Gasteiger partial charge is 0.394 e. The van der Waals surface area contributed by atoms with Gasteiger partial charge in [-0.15, -0.1) is 0 Å². The molecule has 1 unspecified atom stereocenters. The summed E-state index contributed by atoms with van der Waals surface area (Å²) >= 11 is 0. The third-order valence-electron chi connectivity index (χ3n) is 1.88. The number of hydrogen-bond acceptors (Lipinski definition) is 3. The number of nitrogens with zero attached hydrogens (tertiary/aromatic N) is 1. The molecule has 0 heterocycles. The summed E-state index contributed by atoms with van der Waals surface area (Å²) in [6, 6.07) is 0. The Balaban J connectivity index is 3.80. The van der Waals surface area contributed by atoms with Gasteiger partial charge in [-0.3, -0.25) is 4.90 Å². The quantitative estimate of drug-likeness (QED) is 0.704. The van der Waals surface area contributed by atoms with Gasteiger partial charge in [-0.25, -0.2) is 0 Å². The number of alkyl halides is 3. The molecule has 0 rings (SSSR count). The van der Waals surface area contributed by atoms with E-state index in [1.807, 2.05) is 0 Å². The van der Waals surface area contributed by atoms with E-state index < -0.39 is 18.3 Å². The van der Waals surface area contributed by atoms with Gasteiger partial charge in [0.2, 0.25) is 0 Å². The third kappa shape index (κ3) is 7.11. The standard InChI is InChI=1S/C8H17F3N2O/c1-7(12,6-14)3-4-13(2)5-8(9,10)11/h14H,3-6,12H2,1-2H3. The van der Waals surface area contributed by atoms with Crippen molar-refractivity contribution in [2.24, 2.45) is 5.73 Å². The molecule has 0 aliphatic heterocycles. The molecule has 3 N–H and O–H groups in total. The molecule has 0 aliphatic rings. The zero-order chi connectivity index (χ0) is 11.4. The SMILES string of the molecule is CN(CCC(C)(N)CO)CC(F)(F)F. The van der Waals surface area contributed by atoms with E-state index in [9.17, 15) is 13.2 Å². The van der Waals surface area contributed by atoms with E-state index in [2.05, 4.69) is 0 Å². The maximum absolute atomic E-state index is 11.9. The lowest BCUT2D eigenvalue weighted by Crippen LogP contribution is -2.44. The Morgan fingerprint density at radius 3 is 2.21 bits per heavy atom. The number of aliphatic hydroxyl groups excluding tert-OH is 1. The van der Waals surface area contributed by atoms with Crippen molar-refractivity contribution in [3.05, 3.63) is 0 Å². The largest absolute Gasteiger partial charge is 0.401 e. The first-order chi connectivity index (χ1) is 6.16. The van der Waals surface area contributed by atoms with E-state index >= 15 is 0 Å². The predicted octanol–water partition coefficient (Wildman–Crippen LogP) is 0.580. The van der Waals surface area contributed by atoms with Crippen molar-refractivity contribution in [2.75, 3.05) is 26.7 Å². The lowest BCUT2D eigenvalue weighted by molar-refractivity contribution is -0.143. The Morgan fingerprint density at radius 2 is 1.86 bits per heavy atom. The number of halogens is 3.